The molecule has 0 aromatic rings. The van der Waals surface area contributed by atoms with Gasteiger partial charge in [0.1, 0.15) is 0 Å². The normalized spacial score (nSPS) is 29.4. The van der Waals surface area contributed by atoms with Gasteiger partial charge in [0, 0.05) is 26.2 Å². The summed E-state index contributed by atoms with van der Waals surface area (Å²) in [5, 5.41) is 3.30. The molecule has 2 heterocycles. The number of nitrogens with one attached hydrogen (secondary N) is 1. The summed E-state index contributed by atoms with van der Waals surface area (Å²) < 4.78 is 24.4. The van der Waals surface area contributed by atoms with E-state index in [-0.39, 0.29) is 11.9 Å². The van der Waals surface area contributed by atoms with Crippen LogP contribution in [0.5, 0.6) is 0 Å². The van der Waals surface area contributed by atoms with Gasteiger partial charge in [-0.3, -0.25) is 4.79 Å². The van der Waals surface area contributed by atoms with Crippen molar-refractivity contribution in [3.05, 3.63) is 0 Å². The summed E-state index contributed by atoms with van der Waals surface area (Å²) in [5.41, 5.74) is 0. The highest BCUT2D eigenvalue weighted by Crippen LogP contribution is 2.21. The smallest absolute Gasteiger partial charge is 0.239 e. The number of nitrogens with zero attached hydrogens (tertiary/aromatic N) is 2. The van der Waals surface area contributed by atoms with E-state index in [9.17, 15) is 13.2 Å². The molecule has 0 radical (unpaired) electrons. The molecule has 0 bridgehead atoms. The van der Waals surface area contributed by atoms with Crippen molar-refractivity contribution in [2.75, 3.05) is 39.0 Å². The van der Waals surface area contributed by atoms with E-state index in [0.29, 0.717) is 32.1 Å². The number of rotatable bonds is 3. The van der Waals surface area contributed by atoms with Gasteiger partial charge >= 0.3 is 0 Å². The van der Waals surface area contributed by atoms with Crippen molar-refractivity contribution in [3.63, 3.8) is 0 Å². The van der Waals surface area contributed by atoms with Gasteiger partial charge in [-0.1, -0.05) is 13.3 Å². The van der Waals surface area contributed by atoms with Gasteiger partial charge in [-0.05, 0) is 25.3 Å². The van der Waals surface area contributed by atoms with Crippen molar-refractivity contribution in [2.45, 2.75) is 32.2 Å². The van der Waals surface area contributed by atoms with Crippen LogP contribution in [0.3, 0.4) is 0 Å². The Hall–Kier alpha value is -0.660. The molecule has 20 heavy (non-hydrogen) atoms. The molecule has 2 unspecified atom stereocenters. The van der Waals surface area contributed by atoms with Crippen molar-refractivity contribution >= 4 is 15.9 Å². The fourth-order valence-electron chi connectivity index (χ4n) is 3.02. The van der Waals surface area contributed by atoms with E-state index < -0.39 is 10.0 Å². The molecule has 0 saturated carbocycles. The first kappa shape index (κ1) is 15.7. The monoisotopic (exact) mass is 303 g/mol. The molecule has 1 N–H and O–H groups in total. The molecule has 0 spiro atoms. The van der Waals surface area contributed by atoms with Gasteiger partial charge in [-0.2, -0.15) is 4.31 Å². The van der Waals surface area contributed by atoms with E-state index in [4.69, 9.17) is 0 Å². The van der Waals surface area contributed by atoms with Crippen LogP contribution in [0.15, 0.2) is 0 Å². The molecule has 7 heteroatoms. The molecule has 0 aliphatic carbocycles. The lowest BCUT2D eigenvalue weighted by Crippen LogP contribution is -2.56. The lowest BCUT2D eigenvalue weighted by Gasteiger charge is -2.37. The number of piperidine rings is 1. The molecule has 2 saturated heterocycles. The minimum Gasteiger partial charge on any atom is -0.339 e. The summed E-state index contributed by atoms with van der Waals surface area (Å²) in [6.07, 6.45) is 4.39. The maximum absolute atomic E-state index is 12.5. The molecule has 0 aromatic heterocycles. The van der Waals surface area contributed by atoms with E-state index in [0.717, 1.165) is 25.8 Å². The number of piperazine rings is 1. The van der Waals surface area contributed by atoms with E-state index >= 15 is 0 Å². The maximum Gasteiger partial charge on any atom is 0.239 e. The van der Waals surface area contributed by atoms with Gasteiger partial charge < -0.3 is 10.2 Å². The highest BCUT2D eigenvalue weighted by Gasteiger charge is 2.32. The first-order valence-electron chi connectivity index (χ1n) is 7.39. The molecule has 2 atom stereocenters. The molecule has 6 nitrogen and oxygen atoms in total. The third kappa shape index (κ3) is 3.71. The topological polar surface area (TPSA) is 69.7 Å². The van der Waals surface area contributed by atoms with Crippen molar-refractivity contribution < 1.29 is 13.2 Å². The third-order valence-corrected chi connectivity index (χ3v) is 5.71. The zero-order valence-electron chi connectivity index (χ0n) is 12.3. The molecule has 2 rings (SSSR count). The quantitative estimate of drug-likeness (QED) is 0.788. The Balaban J connectivity index is 1.88. The second kappa shape index (κ2) is 6.41. The molecule has 1 amide bonds. The van der Waals surface area contributed by atoms with Crippen LogP contribution in [-0.2, 0) is 14.8 Å². The minimum atomic E-state index is -3.13. The van der Waals surface area contributed by atoms with Crippen LogP contribution in [0, 0.1) is 5.92 Å². The van der Waals surface area contributed by atoms with Crippen LogP contribution in [-0.4, -0.2) is 68.6 Å². The lowest BCUT2D eigenvalue weighted by atomic mass is 9.90. The largest absolute Gasteiger partial charge is 0.339 e. The van der Waals surface area contributed by atoms with Crippen LogP contribution in [0.25, 0.3) is 0 Å². The summed E-state index contributed by atoms with van der Waals surface area (Å²) in [4.78, 5) is 14.3. The fraction of sp³-hybridized carbons (Fsp3) is 0.923. The summed E-state index contributed by atoms with van der Waals surface area (Å²) in [6.45, 7) is 4.89. The van der Waals surface area contributed by atoms with E-state index in [1.807, 2.05) is 0 Å². The van der Waals surface area contributed by atoms with E-state index in [1.165, 1.54) is 10.6 Å². The third-order valence-electron chi connectivity index (χ3n) is 4.41. The number of sulfonamides is 1. The van der Waals surface area contributed by atoms with Gasteiger partial charge in [0.2, 0.25) is 15.9 Å². The highest BCUT2D eigenvalue weighted by atomic mass is 32.2. The number of carbonyl (C=O) groups is 1. The predicted molar refractivity (Wildman–Crippen MR) is 77.8 cm³/mol. The number of carbonyl (C=O) groups excluding carboxylic acids is 1. The van der Waals surface area contributed by atoms with Crippen molar-refractivity contribution in [1.82, 2.24) is 14.5 Å². The van der Waals surface area contributed by atoms with Crippen LogP contribution >= 0.6 is 0 Å². The second-order valence-electron chi connectivity index (χ2n) is 5.79. The van der Waals surface area contributed by atoms with Crippen LogP contribution in [0.4, 0.5) is 0 Å². The van der Waals surface area contributed by atoms with Crippen LogP contribution in [0.1, 0.15) is 26.2 Å². The Morgan fingerprint density at radius 2 is 1.90 bits per heavy atom. The highest BCUT2D eigenvalue weighted by molar-refractivity contribution is 7.88. The zero-order chi connectivity index (χ0) is 14.8. The summed E-state index contributed by atoms with van der Waals surface area (Å²) in [6, 6.07) is -0.0847. The zero-order valence-corrected chi connectivity index (χ0v) is 13.2. The van der Waals surface area contributed by atoms with Crippen LogP contribution < -0.4 is 5.32 Å². The lowest BCUT2D eigenvalue weighted by molar-refractivity contribution is -0.135. The van der Waals surface area contributed by atoms with Gasteiger partial charge in [-0.15, -0.1) is 0 Å². The van der Waals surface area contributed by atoms with Crippen molar-refractivity contribution in [3.8, 4) is 0 Å². The SMILES string of the molecule is CCC1CCNC(C(=O)N2CCN(S(C)(=O)=O)CC2)C1. The van der Waals surface area contributed by atoms with Gasteiger partial charge in [0.25, 0.3) is 0 Å². The molecule has 2 aliphatic heterocycles. The molecule has 116 valence electrons. The Labute approximate surface area is 121 Å². The fourth-order valence-corrected chi connectivity index (χ4v) is 3.84. The molecular weight excluding hydrogens is 278 g/mol. The van der Waals surface area contributed by atoms with Crippen molar-refractivity contribution in [1.29, 1.82) is 0 Å². The number of hydrogen-bond donors (Lipinski definition) is 1. The van der Waals surface area contributed by atoms with E-state index in [2.05, 4.69) is 12.2 Å². The summed E-state index contributed by atoms with van der Waals surface area (Å²) >= 11 is 0. The first-order valence-corrected chi connectivity index (χ1v) is 9.24. The summed E-state index contributed by atoms with van der Waals surface area (Å²) in [5.74, 6) is 0.763. The van der Waals surface area contributed by atoms with Gasteiger partial charge in [-0.25, -0.2) is 8.42 Å². The van der Waals surface area contributed by atoms with Gasteiger partial charge in [0.15, 0.2) is 0 Å². The van der Waals surface area contributed by atoms with E-state index in [1.54, 1.807) is 4.90 Å². The second-order valence-corrected chi connectivity index (χ2v) is 7.78. The summed E-state index contributed by atoms with van der Waals surface area (Å²) in [7, 11) is -3.13. The average molecular weight is 303 g/mol. The standard InChI is InChI=1S/C13H25N3O3S/c1-3-11-4-5-14-12(10-11)13(17)15-6-8-16(9-7-15)20(2,18)19/h11-12,14H,3-10H2,1-2H3. The first-order chi connectivity index (χ1) is 9.41. The Kier molecular flexibility index (Phi) is 5.04. The Bertz CT molecular complexity index is 444. The maximum atomic E-state index is 12.5. The number of amides is 1. The average Bonchev–Trinajstić information content (AvgIpc) is 2.46. The minimum absolute atomic E-state index is 0.0847. The molecule has 2 fully saturated rings. The van der Waals surface area contributed by atoms with Crippen molar-refractivity contribution in [2.24, 2.45) is 5.92 Å². The number of hydrogen-bond acceptors (Lipinski definition) is 4. The Morgan fingerprint density at radius 3 is 2.45 bits per heavy atom. The Morgan fingerprint density at radius 1 is 1.25 bits per heavy atom. The van der Waals surface area contributed by atoms with Gasteiger partial charge in [0.05, 0.1) is 12.3 Å². The van der Waals surface area contributed by atoms with Crippen LogP contribution in [0.2, 0.25) is 0 Å². The predicted octanol–water partition coefficient (Wildman–Crippen LogP) is -0.132. The molecular formula is C13H25N3O3S. The molecule has 2 aliphatic rings. The molecule has 0 aromatic carbocycles.